The summed E-state index contributed by atoms with van der Waals surface area (Å²) in [6.07, 6.45) is -4.54. The first-order valence-electron chi connectivity index (χ1n) is 11.9. The van der Waals surface area contributed by atoms with Crippen LogP contribution in [0.2, 0.25) is 0 Å². The number of aromatic nitrogens is 2. The number of para-hydroxylation sites is 1. The zero-order valence-electron chi connectivity index (χ0n) is 19.5. The number of hydrogen-bond acceptors (Lipinski definition) is 3. The van der Waals surface area contributed by atoms with Crippen molar-refractivity contribution in [3.05, 3.63) is 59.4 Å². The summed E-state index contributed by atoms with van der Waals surface area (Å²) in [5.41, 5.74) is 3.66. The molecule has 8 nitrogen and oxygen atoms in total. The Balaban J connectivity index is 1.49. The number of carbonyl (C=O) groups is 2. The molecule has 5 rings (SSSR count). The van der Waals surface area contributed by atoms with Crippen molar-refractivity contribution in [3.8, 4) is 0 Å². The minimum absolute atomic E-state index is 0.0792. The molecule has 11 heteroatoms. The molecule has 0 unspecified atom stereocenters. The summed E-state index contributed by atoms with van der Waals surface area (Å²) in [5, 5.41) is 11.2. The van der Waals surface area contributed by atoms with Gasteiger partial charge in [0.1, 0.15) is 5.82 Å². The van der Waals surface area contributed by atoms with Crippen LogP contribution in [0.3, 0.4) is 0 Å². The maximum absolute atomic E-state index is 13.5. The number of carbonyl (C=O) groups excluding carboxylic acids is 1. The molecule has 1 aliphatic carbocycles. The Morgan fingerprint density at radius 2 is 1.94 bits per heavy atom. The van der Waals surface area contributed by atoms with E-state index in [-0.39, 0.29) is 38.1 Å². The molecule has 1 saturated carbocycles. The SMILES string of the molecule is O=C(O)NCc1ccc2c(c1)nc(CN1C(=O)N(C3CC3)Cc3ccccc31)n2CCCC(F)(F)F. The van der Waals surface area contributed by atoms with Gasteiger partial charge in [0.2, 0.25) is 0 Å². The Kier molecular flexibility index (Phi) is 6.23. The third-order valence-corrected chi connectivity index (χ3v) is 6.56. The molecule has 3 amide bonds. The van der Waals surface area contributed by atoms with Crippen molar-refractivity contribution in [2.45, 2.75) is 64.1 Å². The number of fused-ring (bicyclic) bond motifs is 2. The quantitative estimate of drug-likeness (QED) is 0.441. The van der Waals surface area contributed by atoms with Crippen LogP contribution in [0.1, 0.15) is 42.6 Å². The smallest absolute Gasteiger partial charge is 0.404 e. The predicted molar refractivity (Wildman–Crippen MR) is 126 cm³/mol. The molecular formula is C25H26F3N5O3. The van der Waals surface area contributed by atoms with E-state index in [1.54, 1.807) is 27.7 Å². The van der Waals surface area contributed by atoms with Crippen LogP contribution in [0.25, 0.3) is 11.0 Å². The van der Waals surface area contributed by atoms with Crippen LogP contribution >= 0.6 is 0 Å². The fourth-order valence-electron chi connectivity index (χ4n) is 4.70. The van der Waals surface area contributed by atoms with Crippen molar-refractivity contribution in [3.63, 3.8) is 0 Å². The van der Waals surface area contributed by atoms with E-state index in [0.29, 0.717) is 29.0 Å². The zero-order chi connectivity index (χ0) is 25.4. The third kappa shape index (κ3) is 5.09. The fraction of sp³-hybridized carbons (Fsp3) is 0.400. The van der Waals surface area contributed by atoms with Crippen molar-refractivity contribution in [1.29, 1.82) is 0 Å². The van der Waals surface area contributed by atoms with Crippen LogP contribution in [0.15, 0.2) is 42.5 Å². The topological polar surface area (TPSA) is 90.7 Å². The molecule has 2 aliphatic rings. The molecular weight excluding hydrogens is 475 g/mol. The standard InChI is InChI=1S/C25H26F3N5O3/c26-25(27,28)10-3-11-31-21-9-6-16(13-29-23(34)35)12-19(21)30-22(31)15-33-20-5-2-1-4-17(20)14-32(24(33)36)18-7-8-18/h1-2,4-6,9,12,18,29H,3,7-8,10-11,13-15H2,(H,34,35). The minimum atomic E-state index is -4.27. The van der Waals surface area contributed by atoms with Crippen molar-refractivity contribution < 1.29 is 27.9 Å². The Hall–Kier alpha value is -3.76. The predicted octanol–water partition coefficient (Wildman–Crippen LogP) is 5.25. The highest BCUT2D eigenvalue weighted by Crippen LogP contribution is 2.37. The van der Waals surface area contributed by atoms with E-state index < -0.39 is 18.7 Å². The first-order valence-corrected chi connectivity index (χ1v) is 11.9. The fourth-order valence-corrected chi connectivity index (χ4v) is 4.70. The molecule has 36 heavy (non-hydrogen) atoms. The van der Waals surface area contributed by atoms with Gasteiger partial charge in [-0.15, -0.1) is 0 Å². The molecule has 1 aromatic heterocycles. The second-order valence-electron chi connectivity index (χ2n) is 9.24. The molecule has 3 aromatic rings. The molecule has 0 bridgehead atoms. The maximum atomic E-state index is 13.5. The number of anilines is 1. The highest BCUT2D eigenvalue weighted by molar-refractivity contribution is 5.95. The number of amides is 3. The number of halogens is 3. The molecule has 0 spiro atoms. The van der Waals surface area contributed by atoms with Crippen LogP contribution in [-0.2, 0) is 26.2 Å². The van der Waals surface area contributed by atoms with Crippen LogP contribution in [0.4, 0.5) is 28.4 Å². The normalized spacial score (nSPS) is 15.9. The Morgan fingerprint density at radius 3 is 2.67 bits per heavy atom. The van der Waals surface area contributed by atoms with E-state index in [0.717, 1.165) is 24.1 Å². The lowest BCUT2D eigenvalue weighted by atomic mass is 10.1. The number of alkyl halides is 3. The van der Waals surface area contributed by atoms with Gasteiger partial charge in [0.15, 0.2) is 0 Å². The number of benzene rings is 2. The number of urea groups is 1. The number of imidazole rings is 1. The molecule has 0 saturated heterocycles. The van der Waals surface area contributed by atoms with Gasteiger partial charge in [-0.25, -0.2) is 14.6 Å². The summed E-state index contributed by atoms with van der Waals surface area (Å²) in [5.74, 6) is 0.483. The van der Waals surface area contributed by atoms with Crippen LogP contribution < -0.4 is 10.2 Å². The number of hydrogen-bond donors (Lipinski definition) is 2. The minimum Gasteiger partial charge on any atom is -0.465 e. The van der Waals surface area contributed by atoms with Crippen LogP contribution in [0, 0.1) is 0 Å². The Morgan fingerprint density at radius 1 is 1.17 bits per heavy atom. The first kappa shape index (κ1) is 24.0. The molecule has 2 aromatic carbocycles. The molecule has 190 valence electrons. The van der Waals surface area contributed by atoms with E-state index in [9.17, 15) is 22.8 Å². The third-order valence-electron chi connectivity index (χ3n) is 6.56. The number of nitrogens with zero attached hydrogens (tertiary/aromatic N) is 4. The van der Waals surface area contributed by atoms with Gasteiger partial charge in [0.05, 0.1) is 23.3 Å². The highest BCUT2D eigenvalue weighted by Gasteiger charge is 2.39. The number of nitrogens with one attached hydrogen (secondary N) is 1. The molecule has 2 N–H and O–H groups in total. The summed E-state index contributed by atoms with van der Waals surface area (Å²) in [4.78, 5) is 32.5. The van der Waals surface area contributed by atoms with Gasteiger partial charge in [-0.2, -0.15) is 13.2 Å². The number of carboxylic acid groups (broad SMARTS) is 1. The van der Waals surface area contributed by atoms with E-state index in [1.807, 2.05) is 29.2 Å². The van der Waals surface area contributed by atoms with Gasteiger partial charge in [-0.3, -0.25) is 4.90 Å². The molecule has 0 atom stereocenters. The van der Waals surface area contributed by atoms with Crippen molar-refractivity contribution in [1.82, 2.24) is 19.8 Å². The Labute approximate surface area is 205 Å². The lowest BCUT2D eigenvalue weighted by molar-refractivity contribution is -0.135. The van der Waals surface area contributed by atoms with Gasteiger partial charge >= 0.3 is 18.3 Å². The summed E-state index contributed by atoms with van der Waals surface area (Å²) < 4.78 is 40.4. The second kappa shape index (κ2) is 9.36. The van der Waals surface area contributed by atoms with E-state index >= 15 is 0 Å². The second-order valence-corrected chi connectivity index (χ2v) is 9.24. The Bertz CT molecular complexity index is 1300. The van der Waals surface area contributed by atoms with Gasteiger partial charge in [0.25, 0.3) is 0 Å². The van der Waals surface area contributed by atoms with E-state index in [4.69, 9.17) is 10.1 Å². The molecule has 1 aliphatic heterocycles. The zero-order valence-corrected chi connectivity index (χ0v) is 19.5. The first-order chi connectivity index (χ1) is 17.2. The van der Waals surface area contributed by atoms with Gasteiger partial charge in [-0.05, 0) is 48.6 Å². The monoisotopic (exact) mass is 501 g/mol. The molecule has 0 radical (unpaired) electrons. The molecule has 2 heterocycles. The number of rotatable bonds is 8. The van der Waals surface area contributed by atoms with Crippen LogP contribution in [0.5, 0.6) is 0 Å². The summed E-state index contributed by atoms with van der Waals surface area (Å²) in [6, 6.07) is 12.9. The van der Waals surface area contributed by atoms with E-state index in [1.165, 1.54) is 0 Å². The van der Waals surface area contributed by atoms with Crippen LogP contribution in [-0.4, -0.2) is 43.9 Å². The van der Waals surface area contributed by atoms with Gasteiger partial charge in [-0.1, -0.05) is 24.3 Å². The van der Waals surface area contributed by atoms with E-state index in [2.05, 4.69) is 5.32 Å². The molecule has 1 fully saturated rings. The van der Waals surface area contributed by atoms with Gasteiger partial charge in [0, 0.05) is 32.1 Å². The average molecular weight is 502 g/mol. The maximum Gasteiger partial charge on any atom is 0.404 e. The summed E-state index contributed by atoms with van der Waals surface area (Å²) in [6.45, 7) is 0.824. The largest absolute Gasteiger partial charge is 0.465 e. The summed E-state index contributed by atoms with van der Waals surface area (Å²) in [7, 11) is 0. The van der Waals surface area contributed by atoms with Gasteiger partial charge < -0.3 is 19.9 Å². The highest BCUT2D eigenvalue weighted by atomic mass is 19.4. The van der Waals surface area contributed by atoms with Crippen molar-refractivity contribution in [2.75, 3.05) is 4.90 Å². The lowest BCUT2D eigenvalue weighted by Gasteiger charge is -2.37. The van der Waals surface area contributed by atoms with Crippen molar-refractivity contribution in [2.24, 2.45) is 0 Å². The summed E-state index contributed by atoms with van der Waals surface area (Å²) >= 11 is 0. The van der Waals surface area contributed by atoms with Crippen molar-refractivity contribution >= 4 is 28.8 Å². The average Bonchev–Trinajstić information content (AvgIpc) is 3.61. The number of aryl methyl sites for hydroxylation is 1. The lowest BCUT2D eigenvalue weighted by Crippen LogP contribution is -2.48.